The van der Waals surface area contributed by atoms with Crippen molar-refractivity contribution in [3.8, 4) is 11.3 Å². The number of nitrogens with two attached hydrogens (primary N) is 1. The summed E-state index contributed by atoms with van der Waals surface area (Å²) in [7, 11) is -2.95. The van der Waals surface area contributed by atoms with Crippen LogP contribution in [-0.4, -0.2) is 29.7 Å². The maximum Gasteiger partial charge on any atom is 0.152 e. The summed E-state index contributed by atoms with van der Waals surface area (Å²) >= 11 is 6.14. The number of rotatable bonds is 2. The van der Waals surface area contributed by atoms with Crippen LogP contribution in [0.4, 0.5) is 5.69 Å². The van der Waals surface area contributed by atoms with Gasteiger partial charge in [0.25, 0.3) is 0 Å². The molecule has 1 fully saturated rings. The highest BCUT2D eigenvalue weighted by atomic mass is 35.5. The number of benzene rings is 1. The van der Waals surface area contributed by atoms with Crippen molar-refractivity contribution in [1.29, 1.82) is 0 Å². The number of halogens is 1. The summed E-state index contributed by atoms with van der Waals surface area (Å²) in [5.74, 6) is 0.328. The second-order valence-electron chi connectivity index (χ2n) is 4.95. The molecule has 1 aromatic heterocycles. The maximum absolute atomic E-state index is 11.5. The lowest BCUT2D eigenvalue weighted by Crippen LogP contribution is -2.11. The molecule has 2 N–H and O–H groups in total. The number of hydrogen-bond donors (Lipinski definition) is 1. The predicted molar refractivity (Wildman–Crippen MR) is 79.4 cm³/mol. The van der Waals surface area contributed by atoms with E-state index in [2.05, 4.69) is 5.10 Å². The third-order valence-corrected chi connectivity index (χ3v) is 5.55. The van der Waals surface area contributed by atoms with Crippen molar-refractivity contribution >= 4 is 27.1 Å². The minimum absolute atomic E-state index is 0.121. The molecular formula is C13H14ClN3O2S. The van der Waals surface area contributed by atoms with Gasteiger partial charge in [-0.3, -0.25) is 4.68 Å². The second-order valence-corrected chi connectivity index (χ2v) is 7.59. The molecule has 3 rings (SSSR count). The molecule has 1 aliphatic heterocycles. The molecule has 1 saturated heterocycles. The zero-order valence-corrected chi connectivity index (χ0v) is 12.2. The standard InChI is InChI=1S/C13H14ClN3O2S/c14-11-4-2-1-3-10(11)13-12(15)7-17(16-13)9-5-6-20(18,19)8-9/h1-4,7,9H,5-6,8,15H2. The number of aromatic nitrogens is 2. The van der Waals surface area contributed by atoms with Gasteiger partial charge >= 0.3 is 0 Å². The van der Waals surface area contributed by atoms with E-state index < -0.39 is 9.84 Å². The number of sulfone groups is 1. The Hall–Kier alpha value is -1.53. The predicted octanol–water partition coefficient (Wildman–Crippen LogP) is 2.15. The van der Waals surface area contributed by atoms with Crippen LogP contribution in [0.25, 0.3) is 11.3 Å². The van der Waals surface area contributed by atoms with Crippen LogP contribution in [0.1, 0.15) is 12.5 Å². The topological polar surface area (TPSA) is 78.0 Å². The fourth-order valence-electron chi connectivity index (χ4n) is 2.44. The van der Waals surface area contributed by atoms with Crippen LogP contribution < -0.4 is 5.73 Å². The van der Waals surface area contributed by atoms with E-state index in [1.807, 2.05) is 18.2 Å². The summed E-state index contributed by atoms with van der Waals surface area (Å²) < 4.78 is 24.7. The van der Waals surface area contributed by atoms with Gasteiger partial charge < -0.3 is 5.73 Å². The smallest absolute Gasteiger partial charge is 0.152 e. The lowest BCUT2D eigenvalue weighted by molar-refractivity contribution is 0.501. The molecule has 2 heterocycles. The highest BCUT2D eigenvalue weighted by Crippen LogP contribution is 2.32. The van der Waals surface area contributed by atoms with Crippen LogP contribution in [0, 0.1) is 0 Å². The van der Waals surface area contributed by atoms with Gasteiger partial charge in [-0.1, -0.05) is 29.8 Å². The van der Waals surface area contributed by atoms with Crippen LogP contribution >= 0.6 is 11.6 Å². The first-order valence-corrected chi connectivity index (χ1v) is 8.46. The fourth-order valence-corrected chi connectivity index (χ4v) is 4.37. The third-order valence-electron chi connectivity index (χ3n) is 3.47. The minimum Gasteiger partial charge on any atom is -0.396 e. The van der Waals surface area contributed by atoms with Gasteiger partial charge in [0.15, 0.2) is 9.84 Å². The summed E-state index contributed by atoms with van der Waals surface area (Å²) in [6, 6.07) is 7.17. The van der Waals surface area contributed by atoms with E-state index >= 15 is 0 Å². The van der Waals surface area contributed by atoms with Crippen LogP contribution in [0.2, 0.25) is 5.02 Å². The lowest BCUT2D eigenvalue weighted by atomic mass is 10.1. The minimum atomic E-state index is -2.95. The summed E-state index contributed by atoms with van der Waals surface area (Å²) in [5, 5.41) is 5.00. The molecule has 2 aromatic rings. The van der Waals surface area contributed by atoms with Crippen LogP contribution in [0.15, 0.2) is 30.5 Å². The average molecular weight is 312 g/mol. The monoisotopic (exact) mass is 311 g/mol. The van der Waals surface area contributed by atoms with Gasteiger partial charge in [0.1, 0.15) is 5.69 Å². The van der Waals surface area contributed by atoms with E-state index in [-0.39, 0.29) is 17.5 Å². The SMILES string of the molecule is Nc1cn(C2CCS(=O)(=O)C2)nc1-c1ccccc1Cl. The first-order chi connectivity index (χ1) is 9.46. The number of nitrogen functional groups attached to an aromatic ring is 1. The number of nitrogens with zero attached hydrogens (tertiary/aromatic N) is 2. The van der Waals surface area contributed by atoms with E-state index in [0.29, 0.717) is 22.8 Å². The van der Waals surface area contributed by atoms with Gasteiger partial charge in [-0.15, -0.1) is 0 Å². The summed E-state index contributed by atoms with van der Waals surface area (Å²) in [6.45, 7) is 0. The zero-order valence-electron chi connectivity index (χ0n) is 10.7. The number of hydrogen-bond acceptors (Lipinski definition) is 4. The van der Waals surface area contributed by atoms with E-state index in [4.69, 9.17) is 17.3 Å². The molecule has 20 heavy (non-hydrogen) atoms. The lowest BCUT2D eigenvalue weighted by Gasteiger charge is -2.07. The van der Waals surface area contributed by atoms with Gasteiger partial charge in [0.05, 0.1) is 28.3 Å². The summed E-state index contributed by atoms with van der Waals surface area (Å²) in [5.41, 5.74) is 7.84. The van der Waals surface area contributed by atoms with Gasteiger partial charge in [-0.05, 0) is 12.5 Å². The molecule has 106 valence electrons. The largest absolute Gasteiger partial charge is 0.396 e. The maximum atomic E-state index is 11.5. The molecule has 7 heteroatoms. The Morgan fingerprint density at radius 2 is 2.10 bits per heavy atom. The van der Waals surface area contributed by atoms with Gasteiger partial charge in [0, 0.05) is 11.8 Å². The van der Waals surface area contributed by atoms with E-state index in [9.17, 15) is 8.42 Å². The van der Waals surface area contributed by atoms with Crippen molar-refractivity contribution in [1.82, 2.24) is 9.78 Å². The van der Waals surface area contributed by atoms with E-state index in [0.717, 1.165) is 5.56 Å². The Morgan fingerprint density at radius 1 is 1.35 bits per heavy atom. The average Bonchev–Trinajstić information content (AvgIpc) is 2.93. The molecular weight excluding hydrogens is 298 g/mol. The zero-order chi connectivity index (χ0) is 14.3. The molecule has 1 unspecified atom stereocenters. The Morgan fingerprint density at radius 3 is 2.75 bits per heavy atom. The molecule has 1 atom stereocenters. The van der Waals surface area contributed by atoms with Gasteiger partial charge in [0.2, 0.25) is 0 Å². The molecule has 0 radical (unpaired) electrons. The van der Waals surface area contributed by atoms with Crippen molar-refractivity contribution in [2.45, 2.75) is 12.5 Å². The molecule has 0 bridgehead atoms. The van der Waals surface area contributed by atoms with Crippen LogP contribution in [0.5, 0.6) is 0 Å². The second kappa shape index (κ2) is 4.79. The van der Waals surface area contributed by atoms with Crippen molar-refractivity contribution < 1.29 is 8.42 Å². The summed E-state index contributed by atoms with van der Waals surface area (Å²) in [6.07, 6.45) is 2.26. The van der Waals surface area contributed by atoms with E-state index in [1.54, 1.807) is 16.9 Å². The van der Waals surface area contributed by atoms with Crippen molar-refractivity contribution in [3.05, 3.63) is 35.5 Å². The first-order valence-electron chi connectivity index (χ1n) is 6.26. The van der Waals surface area contributed by atoms with E-state index in [1.165, 1.54) is 0 Å². The fraction of sp³-hybridized carbons (Fsp3) is 0.308. The van der Waals surface area contributed by atoms with Crippen LogP contribution in [-0.2, 0) is 9.84 Å². The highest BCUT2D eigenvalue weighted by Gasteiger charge is 2.30. The first kappa shape index (κ1) is 13.5. The Labute approximate surface area is 122 Å². The Kier molecular flexibility index (Phi) is 3.22. The molecule has 1 aliphatic rings. The number of anilines is 1. The molecule has 0 saturated carbocycles. The van der Waals surface area contributed by atoms with Gasteiger partial charge in [-0.25, -0.2) is 8.42 Å². The van der Waals surface area contributed by atoms with Crippen LogP contribution in [0.3, 0.4) is 0 Å². The molecule has 0 aliphatic carbocycles. The molecule has 0 amide bonds. The Balaban J connectivity index is 1.98. The molecule has 5 nitrogen and oxygen atoms in total. The van der Waals surface area contributed by atoms with Gasteiger partial charge in [-0.2, -0.15) is 5.10 Å². The van der Waals surface area contributed by atoms with Crippen molar-refractivity contribution in [3.63, 3.8) is 0 Å². The quantitative estimate of drug-likeness (QED) is 0.921. The molecule has 0 spiro atoms. The highest BCUT2D eigenvalue weighted by molar-refractivity contribution is 7.91. The third kappa shape index (κ3) is 2.41. The normalized spacial score (nSPS) is 21.1. The van der Waals surface area contributed by atoms with Crippen molar-refractivity contribution in [2.75, 3.05) is 17.2 Å². The Bertz CT molecular complexity index is 755. The summed E-state index contributed by atoms with van der Waals surface area (Å²) in [4.78, 5) is 0. The van der Waals surface area contributed by atoms with Crippen molar-refractivity contribution in [2.24, 2.45) is 0 Å². The molecule has 1 aromatic carbocycles.